The van der Waals surface area contributed by atoms with Gasteiger partial charge in [-0.2, -0.15) is 0 Å². The first kappa shape index (κ1) is 25.1. The van der Waals surface area contributed by atoms with Gasteiger partial charge < -0.3 is 10.4 Å². The van der Waals surface area contributed by atoms with Crippen LogP contribution in [-0.4, -0.2) is 52.3 Å². The van der Waals surface area contributed by atoms with Crippen molar-refractivity contribution in [1.29, 1.82) is 0 Å². The second-order valence-electron chi connectivity index (χ2n) is 8.59. The van der Waals surface area contributed by atoms with Gasteiger partial charge in [0.15, 0.2) is 5.78 Å². The standard InChI is InChI=1S/C21H37N3O5/c1-6-17(25)19(14(4)5)23-20(28)16-8-7-11-22-24(16)21(29)15(12-18(26)27)10-9-13(2)3/h13-16,19,22H,6-12H2,1-5H3,(H,23,28)(H,26,27)/t15?,16-,19?/m0/s1. The van der Waals surface area contributed by atoms with Crippen LogP contribution in [0.4, 0.5) is 0 Å². The molecule has 0 bridgehead atoms. The van der Waals surface area contributed by atoms with E-state index < -0.39 is 24.0 Å². The minimum atomic E-state index is -1.03. The number of nitrogens with one attached hydrogen (secondary N) is 2. The zero-order valence-corrected chi connectivity index (χ0v) is 18.4. The maximum atomic E-state index is 13.1. The zero-order chi connectivity index (χ0) is 22.1. The molecule has 1 rings (SSSR count). The van der Waals surface area contributed by atoms with Crippen LogP contribution in [0.15, 0.2) is 0 Å². The predicted octanol–water partition coefficient (Wildman–Crippen LogP) is 2.13. The number of Topliss-reactive ketones (excluding diaryl/α,β-unsaturated/α-hetero) is 1. The van der Waals surface area contributed by atoms with Gasteiger partial charge in [-0.05, 0) is 31.1 Å². The van der Waals surface area contributed by atoms with Crippen molar-refractivity contribution in [3.05, 3.63) is 0 Å². The molecule has 1 fully saturated rings. The fraction of sp³-hybridized carbons (Fsp3) is 0.810. The number of hydrogen-bond acceptors (Lipinski definition) is 5. The van der Waals surface area contributed by atoms with Crippen LogP contribution in [0.2, 0.25) is 0 Å². The Morgan fingerprint density at radius 2 is 1.79 bits per heavy atom. The van der Waals surface area contributed by atoms with E-state index in [4.69, 9.17) is 0 Å². The third kappa shape index (κ3) is 7.76. The molecule has 3 N–H and O–H groups in total. The number of carbonyl (C=O) groups excluding carboxylic acids is 3. The second-order valence-corrected chi connectivity index (χ2v) is 8.59. The molecular weight excluding hydrogens is 374 g/mol. The van der Waals surface area contributed by atoms with E-state index in [9.17, 15) is 24.3 Å². The van der Waals surface area contributed by atoms with Crippen LogP contribution in [0.5, 0.6) is 0 Å². The van der Waals surface area contributed by atoms with E-state index in [0.717, 1.165) is 6.42 Å². The van der Waals surface area contributed by atoms with E-state index in [2.05, 4.69) is 10.7 Å². The number of rotatable bonds is 11. The lowest BCUT2D eigenvalue weighted by Gasteiger charge is -2.38. The van der Waals surface area contributed by atoms with Crippen LogP contribution in [0.1, 0.15) is 73.1 Å². The SMILES string of the molecule is CCC(=O)C(NC(=O)[C@@H]1CCCNN1C(=O)C(CCC(C)C)CC(=O)O)C(C)C. The Labute approximate surface area is 173 Å². The predicted molar refractivity (Wildman–Crippen MR) is 110 cm³/mol. The Hall–Kier alpha value is -1.96. The molecule has 1 saturated heterocycles. The normalized spacial score (nSPS) is 19.1. The van der Waals surface area contributed by atoms with Gasteiger partial charge in [-0.1, -0.05) is 41.0 Å². The monoisotopic (exact) mass is 411 g/mol. The van der Waals surface area contributed by atoms with Gasteiger partial charge in [0.2, 0.25) is 11.8 Å². The van der Waals surface area contributed by atoms with Crippen LogP contribution >= 0.6 is 0 Å². The summed E-state index contributed by atoms with van der Waals surface area (Å²) in [6, 6.07) is -1.35. The highest BCUT2D eigenvalue weighted by molar-refractivity contribution is 5.93. The summed E-state index contributed by atoms with van der Waals surface area (Å²) < 4.78 is 0. The Morgan fingerprint density at radius 3 is 2.31 bits per heavy atom. The zero-order valence-electron chi connectivity index (χ0n) is 18.4. The summed E-state index contributed by atoms with van der Waals surface area (Å²) in [4.78, 5) is 49.5. The molecule has 0 aromatic rings. The average molecular weight is 412 g/mol. The molecule has 8 heteroatoms. The maximum Gasteiger partial charge on any atom is 0.304 e. The van der Waals surface area contributed by atoms with E-state index in [1.165, 1.54) is 5.01 Å². The number of hydrogen-bond donors (Lipinski definition) is 3. The number of aliphatic carboxylic acids is 1. The van der Waals surface area contributed by atoms with Crippen molar-refractivity contribution < 1.29 is 24.3 Å². The first-order valence-corrected chi connectivity index (χ1v) is 10.7. The lowest BCUT2D eigenvalue weighted by molar-refractivity contribution is -0.153. The molecule has 2 unspecified atom stereocenters. The maximum absolute atomic E-state index is 13.1. The Morgan fingerprint density at radius 1 is 1.14 bits per heavy atom. The van der Waals surface area contributed by atoms with E-state index in [1.807, 2.05) is 27.7 Å². The molecule has 1 heterocycles. The summed E-state index contributed by atoms with van der Waals surface area (Å²) >= 11 is 0. The van der Waals surface area contributed by atoms with Crippen molar-refractivity contribution >= 4 is 23.6 Å². The fourth-order valence-corrected chi connectivity index (χ4v) is 3.56. The molecule has 0 aliphatic carbocycles. The number of ketones is 1. The number of carboxylic acid groups (broad SMARTS) is 1. The summed E-state index contributed by atoms with van der Waals surface area (Å²) in [5, 5.41) is 13.4. The van der Waals surface area contributed by atoms with Gasteiger partial charge in [0.1, 0.15) is 6.04 Å². The molecular formula is C21H37N3O5. The van der Waals surface area contributed by atoms with Crippen LogP contribution in [-0.2, 0) is 19.2 Å². The van der Waals surface area contributed by atoms with Crippen molar-refractivity contribution in [2.75, 3.05) is 6.54 Å². The molecule has 29 heavy (non-hydrogen) atoms. The van der Waals surface area contributed by atoms with Crippen molar-refractivity contribution in [3.63, 3.8) is 0 Å². The fourth-order valence-electron chi connectivity index (χ4n) is 3.56. The van der Waals surface area contributed by atoms with Gasteiger partial charge in [0.05, 0.1) is 12.5 Å². The first-order valence-electron chi connectivity index (χ1n) is 10.7. The molecule has 0 radical (unpaired) electrons. The summed E-state index contributed by atoms with van der Waals surface area (Å²) in [5.74, 6) is -2.21. The Bertz CT molecular complexity index is 591. The minimum Gasteiger partial charge on any atom is -0.481 e. The Kier molecular flexibility index (Phi) is 10.3. The third-order valence-corrected chi connectivity index (χ3v) is 5.31. The molecule has 1 aliphatic heterocycles. The van der Waals surface area contributed by atoms with Gasteiger partial charge in [-0.15, -0.1) is 0 Å². The topological polar surface area (TPSA) is 116 Å². The Balaban J connectivity index is 2.97. The van der Waals surface area contributed by atoms with Crippen molar-refractivity contribution in [1.82, 2.24) is 15.8 Å². The highest BCUT2D eigenvalue weighted by Gasteiger charge is 2.37. The molecule has 0 saturated carbocycles. The summed E-state index contributed by atoms with van der Waals surface area (Å²) in [6.45, 7) is 10.1. The number of carbonyl (C=O) groups is 4. The lowest BCUT2D eigenvalue weighted by atomic mass is 9.93. The molecule has 2 amide bonds. The molecule has 0 spiro atoms. The first-order chi connectivity index (χ1) is 13.6. The van der Waals surface area contributed by atoms with Crippen molar-refractivity contribution in [2.45, 2.75) is 85.2 Å². The quantitative estimate of drug-likeness (QED) is 0.480. The molecule has 0 aromatic heterocycles. The average Bonchev–Trinajstić information content (AvgIpc) is 2.67. The molecule has 8 nitrogen and oxygen atoms in total. The highest BCUT2D eigenvalue weighted by Crippen LogP contribution is 2.22. The van der Waals surface area contributed by atoms with E-state index in [0.29, 0.717) is 38.1 Å². The van der Waals surface area contributed by atoms with Crippen LogP contribution in [0, 0.1) is 17.8 Å². The van der Waals surface area contributed by atoms with Crippen LogP contribution in [0.25, 0.3) is 0 Å². The number of carboxylic acids is 1. The van der Waals surface area contributed by atoms with Gasteiger partial charge in [0, 0.05) is 18.9 Å². The van der Waals surface area contributed by atoms with Crippen molar-refractivity contribution in [2.24, 2.45) is 17.8 Å². The highest BCUT2D eigenvalue weighted by atomic mass is 16.4. The molecule has 3 atom stereocenters. The third-order valence-electron chi connectivity index (χ3n) is 5.31. The van der Waals surface area contributed by atoms with Gasteiger partial charge >= 0.3 is 5.97 Å². The summed E-state index contributed by atoms with van der Waals surface area (Å²) in [6.07, 6.45) is 2.43. The smallest absolute Gasteiger partial charge is 0.304 e. The molecule has 0 aromatic carbocycles. The van der Waals surface area contributed by atoms with E-state index in [1.54, 1.807) is 6.92 Å². The van der Waals surface area contributed by atoms with E-state index in [-0.39, 0.29) is 29.9 Å². The van der Waals surface area contributed by atoms with Crippen molar-refractivity contribution in [3.8, 4) is 0 Å². The summed E-state index contributed by atoms with van der Waals surface area (Å²) in [7, 11) is 0. The van der Waals surface area contributed by atoms with Crippen LogP contribution < -0.4 is 10.7 Å². The van der Waals surface area contributed by atoms with Crippen LogP contribution in [0.3, 0.4) is 0 Å². The minimum absolute atomic E-state index is 0.0457. The molecule has 166 valence electrons. The number of nitrogens with zero attached hydrogens (tertiary/aromatic N) is 1. The van der Waals surface area contributed by atoms with Gasteiger partial charge in [0.25, 0.3) is 0 Å². The number of hydrazine groups is 1. The lowest BCUT2D eigenvalue weighted by Crippen LogP contribution is -2.61. The largest absolute Gasteiger partial charge is 0.481 e. The second kappa shape index (κ2) is 11.9. The number of amides is 2. The van der Waals surface area contributed by atoms with Gasteiger partial charge in [-0.25, -0.2) is 5.43 Å². The van der Waals surface area contributed by atoms with E-state index >= 15 is 0 Å². The summed E-state index contributed by atoms with van der Waals surface area (Å²) in [5.41, 5.74) is 2.98. The van der Waals surface area contributed by atoms with Gasteiger partial charge in [-0.3, -0.25) is 24.2 Å². The molecule has 1 aliphatic rings.